The summed E-state index contributed by atoms with van der Waals surface area (Å²) in [5.74, 6) is -1.76. The maximum absolute atomic E-state index is 12.6. The quantitative estimate of drug-likeness (QED) is 0.607. The largest absolute Gasteiger partial charge is 0.462 e. The number of rotatable bonds is 4. The molecule has 0 N–H and O–H groups in total. The topological polar surface area (TPSA) is 78.9 Å². The van der Waals surface area contributed by atoms with E-state index in [-0.39, 0.29) is 23.7 Å². The molecular weight excluding hydrogens is 348 g/mol. The van der Waals surface area contributed by atoms with Gasteiger partial charge in [0.2, 0.25) is 0 Å². The minimum atomic E-state index is -0.712. The number of ether oxygens (including phenoxy) is 3. The van der Waals surface area contributed by atoms with E-state index >= 15 is 0 Å². The number of esters is 3. The Bertz CT molecular complexity index is 929. The lowest BCUT2D eigenvalue weighted by Crippen LogP contribution is -2.17. The second kappa shape index (κ2) is 7.61. The molecule has 0 saturated carbocycles. The van der Waals surface area contributed by atoms with Crippen molar-refractivity contribution < 1.29 is 28.6 Å². The van der Waals surface area contributed by atoms with Crippen LogP contribution in [0, 0.1) is 0 Å². The zero-order chi connectivity index (χ0) is 19.6. The summed E-state index contributed by atoms with van der Waals surface area (Å²) in [7, 11) is 0. The average molecular weight is 368 g/mol. The number of fused-ring (bicyclic) bond motifs is 3. The van der Waals surface area contributed by atoms with Crippen molar-refractivity contribution in [3.05, 3.63) is 47.0 Å². The summed E-state index contributed by atoms with van der Waals surface area (Å²) < 4.78 is 15.8. The summed E-state index contributed by atoms with van der Waals surface area (Å²) in [5.41, 5.74) is 3.42. The van der Waals surface area contributed by atoms with Crippen LogP contribution in [0.25, 0.3) is 11.1 Å². The normalized spacial score (nSPS) is 11.8. The van der Waals surface area contributed by atoms with Gasteiger partial charge in [0.15, 0.2) is 5.75 Å². The van der Waals surface area contributed by atoms with Gasteiger partial charge in [-0.2, -0.15) is 0 Å². The van der Waals surface area contributed by atoms with E-state index < -0.39 is 17.9 Å². The molecule has 27 heavy (non-hydrogen) atoms. The summed E-state index contributed by atoms with van der Waals surface area (Å²) in [6.45, 7) is 4.30. The van der Waals surface area contributed by atoms with Crippen molar-refractivity contribution in [2.75, 3.05) is 6.61 Å². The minimum absolute atomic E-state index is 0.0373. The van der Waals surface area contributed by atoms with Crippen LogP contribution in [0.5, 0.6) is 11.5 Å². The van der Waals surface area contributed by atoms with Gasteiger partial charge in [0.05, 0.1) is 6.61 Å². The second-order valence-electron chi connectivity index (χ2n) is 6.18. The van der Waals surface area contributed by atoms with Gasteiger partial charge in [0, 0.05) is 19.4 Å². The Morgan fingerprint density at radius 1 is 0.963 bits per heavy atom. The van der Waals surface area contributed by atoms with Crippen LogP contribution < -0.4 is 9.47 Å². The Hall–Kier alpha value is -3.15. The standard InChI is InChI=1S/C21H20O6/c1-4-25-21(24)19-17(26-12(2)22)11-15-10-9-14-7-5-6-8-16(14)18(15)20(19)27-13(3)23/h5-8,11H,4,9-10H2,1-3H3. The Kier molecular flexibility index (Phi) is 5.26. The average Bonchev–Trinajstić information content (AvgIpc) is 2.60. The maximum Gasteiger partial charge on any atom is 0.345 e. The van der Waals surface area contributed by atoms with E-state index in [0.29, 0.717) is 12.0 Å². The molecule has 2 aromatic carbocycles. The summed E-state index contributed by atoms with van der Waals surface area (Å²) in [6, 6.07) is 9.40. The summed E-state index contributed by atoms with van der Waals surface area (Å²) >= 11 is 0. The smallest absolute Gasteiger partial charge is 0.345 e. The van der Waals surface area contributed by atoms with Gasteiger partial charge in [0.1, 0.15) is 11.3 Å². The highest BCUT2D eigenvalue weighted by atomic mass is 16.6. The molecule has 0 heterocycles. The molecule has 0 amide bonds. The highest BCUT2D eigenvalue weighted by Crippen LogP contribution is 2.46. The molecule has 1 aliphatic carbocycles. The van der Waals surface area contributed by atoms with Crippen LogP contribution in [0.4, 0.5) is 0 Å². The van der Waals surface area contributed by atoms with Crippen LogP contribution in [0.2, 0.25) is 0 Å². The van der Waals surface area contributed by atoms with Gasteiger partial charge in [-0.3, -0.25) is 9.59 Å². The number of aryl methyl sites for hydroxylation is 2. The highest BCUT2D eigenvalue weighted by Gasteiger charge is 2.31. The number of hydrogen-bond donors (Lipinski definition) is 0. The highest BCUT2D eigenvalue weighted by molar-refractivity contribution is 6.01. The molecular formula is C21H20O6. The van der Waals surface area contributed by atoms with Crippen LogP contribution >= 0.6 is 0 Å². The van der Waals surface area contributed by atoms with Crippen molar-refractivity contribution in [3.63, 3.8) is 0 Å². The molecule has 0 bridgehead atoms. The zero-order valence-electron chi connectivity index (χ0n) is 15.5. The summed E-state index contributed by atoms with van der Waals surface area (Å²) in [5, 5.41) is 0. The van der Waals surface area contributed by atoms with Gasteiger partial charge in [0.25, 0.3) is 0 Å². The Morgan fingerprint density at radius 3 is 2.30 bits per heavy atom. The number of hydrogen-bond acceptors (Lipinski definition) is 6. The Morgan fingerprint density at radius 2 is 1.63 bits per heavy atom. The Labute approximate surface area is 157 Å². The van der Waals surface area contributed by atoms with Crippen molar-refractivity contribution >= 4 is 17.9 Å². The first-order valence-corrected chi connectivity index (χ1v) is 8.74. The molecule has 1 aliphatic rings. The van der Waals surface area contributed by atoms with E-state index in [2.05, 4.69) is 0 Å². The lowest BCUT2D eigenvalue weighted by Gasteiger charge is -2.25. The van der Waals surface area contributed by atoms with Crippen LogP contribution in [0.1, 0.15) is 42.3 Å². The predicted molar refractivity (Wildman–Crippen MR) is 97.9 cm³/mol. The molecule has 2 aromatic rings. The first-order valence-electron chi connectivity index (χ1n) is 8.74. The third kappa shape index (κ3) is 3.69. The van der Waals surface area contributed by atoms with Crippen molar-refractivity contribution in [2.45, 2.75) is 33.6 Å². The molecule has 3 rings (SSSR count). The third-order valence-corrected chi connectivity index (χ3v) is 4.26. The molecule has 0 atom stereocenters. The van der Waals surface area contributed by atoms with E-state index in [1.807, 2.05) is 24.3 Å². The SMILES string of the molecule is CCOC(=O)c1c(OC(C)=O)cc2c(c1OC(C)=O)-c1ccccc1CC2. The van der Waals surface area contributed by atoms with Gasteiger partial charge in [-0.15, -0.1) is 0 Å². The first kappa shape index (κ1) is 18.6. The number of benzene rings is 2. The first-order chi connectivity index (χ1) is 12.9. The number of carbonyl (C=O) groups is 3. The monoisotopic (exact) mass is 368 g/mol. The van der Waals surface area contributed by atoms with E-state index in [4.69, 9.17) is 14.2 Å². The molecule has 0 saturated heterocycles. The van der Waals surface area contributed by atoms with Gasteiger partial charge in [-0.1, -0.05) is 24.3 Å². The third-order valence-electron chi connectivity index (χ3n) is 4.26. The van der Waals surface area contributed by atoms with Crippen LogP contribution in [0.3, 0.4) is 0 Å². The number of carbonyl (C=O) groups excluding carboxylic acids is 3. The molecule has 0 aliphatic heterocycles. The maximum atomic E-state index is 12.6. The molecule has 6 heteroatoms. The van der Waals surface area contributed by atoms with Crippen molar-refractivity contribution in [1.82, 2.24) is 0 Å². The zero-order valence-corrected chi connectivity index (χ0v) is 15.5. The van der Waals surface area contributed by atoms with E-state index in [1.54, 1.807) is 13.0 Å². The summed E-state index contributed by atoms with van der Waals surface area (Å²) in [6.07, 6.45) is 1.46. The van der Waals surface area contributed by atoms with Gasteiger partial charge in [-0.05, 0) is 42.5 Å². The van der Waals surface area contributed by atoms with Gasteiger partial charge < -0.3 is 14.2 Å². The van der Waals surface area contributed by atoms with E-state index in [0.717, 1.165) is 23.1 Å². The molecule has 0 fully saturated rings. The lowest BCUT2D eigenvalue weighted by atomic mass is 9.83. The molecule has 0 aromatic heterocycles. The lowest BCUT2D eigenvalue weighted by molar-refractivity contribution is -0.132. The van der Waals surface area contributed by atoms with Crippen LogP contribution in [-0.4, -0.2) is 24.5 Å². The fourth-order valence-electron chi connectivity index (χ4n) is 3.31. The van der Waals surface area contributed by atoms with Gasteiger partial charge in [-0.25, -0.2) is 4.79 Å². The second-order valence-corrected chi connectivity index (χ2v) is 6.18. The minimum Gasteiger partial charge on any atom is -0.462 e. The molecule has 0 unspecified atom stereocenters. The predicted octanol–water partition coefficient (Wildman–Crippen LogP) is 3.48. The van der Waals surface area contributed by atoms with Crippen LogP contribution in [0.15, 0.2) is 30.3 Å². The molecule has 0 spiro atoms. The summed E-state index contributed by atoms with van der Waals surface area (Å²) in [4.78, 5) is 36.0. The Balaban J connectivity index is 2.34. The van der Waals surface area contributed by atoms with Crippen molar-refractivity contribution in [1.29, 1.82) is 0 Å². The van der Waals surface area contributed by atoms with Crippen molar-refractivity contribution in [2.24, 2.45) is 0 Å². The fourth-order valence-corrected chi connectivity index (χ4v) is 3.31. The van der Waals surface area contributed by atoms with Crippen LogP contribution in [-0.2, 0) is 27.2 Å². The molecule has 140 valence electrons. The molecule has 6 nitrogen and oxygen atoms in total. The fraction of sp³-hybridized carbons (Fsp3) is 0.286. The van der Waals surface area contributed by atoms with E-state index in [9.17, 15) is 14.4 Å². The van der Waals surface area contributed by atoms with Crippen molar-refractivity contribution in [3.8, 4) is 22.6 Å². The van der Waals surface area contributed by atoms with Gasteiger partial charge >= 0.3 is 17.9 Å². The molecule has 0 radical (unpaired) electrons. The van der Waals surface area contributed by atoms with E-state index in [1.165, 1.54) is 13.8 Å².